The van der Waals surface area contributed by atoms with E-state index in [0.29, 0.717) is 12.0 Å². The number of nitro groups is 1. The van der Waals surface area contributed by atoms with Gasteiger partial charge in [0, 0.05) is 18.6 Å². The van der Waals surface area contributed by atoms with Crippen molar-refractivity contribution in [2.45, 2.75) is 25.0 Å². The molecule has 1 amide bonds. The molecule has 0 aliphatic heterocycles. The SMILES string of the molecule is O=C(Cc1cccc([N+](=O)[O-])c1)N[C@H]1c2ccccc2C[C@@H]1O. The Kier molecular flexibility index (Phi) is 4.08. The zero-order valence-corrected chi connectivity index (χ0v) is 12.3. The molecule has 1 aliphatic rings. The number of non-ortho nitro benzene ring substituents is 1. The number of nitrogens with one attached hydrogen (secondary N) is 1. The van der Waals surface area contributed by atoms with Gasteiger partial charge in [-0.1, -0.05) is 36.4 Å². The minimum Gasteiger partial charge on any atom is -0.390 e. The summed E-state index contributed by atoms with van der Waals surface area (Å²) >= 11 is 0. The second kappa shape index (κ2) is 6.18. The van der Waals surface area contributed by atoms with E-state index in [1.807, 2.05) is 24.3 Å². The average molecular weight is 312 g/mol. The van der Waals surface area contributed by atoms with Crippen LogP contribution in [0.15, 0.2) is 48.5 Å². The topological polar surface area (TPSA) is 92.5 Å². The van der Waals surface area contributed by atoms with E-state index in [9.17, 15) is 20.0 Å². The summed E-state index contributed by atoms with van der Waals surface area (Å²) < 4.78 is 0. The molecule has 0 spiro atoms. The number of benzene rings is 2. The van der Waals surface area contributed by atoms with Crippen LogP contribution in [0.1, 0.15) is 22.7 Å². The highest BCUT2D eigenvalue weighted by Crippen LogP contribution is 2.31. The minimum atomic E-state index is -0.651. The third-order valence-corrected chi connectivity index (χ3v) is 4.01. The highest BCUT2D eigenvalue weighted by Gasteiger charge is 2.31. The molecular weight excluding hydrogens is 296 g/mol. The van der Waals surface area contributed by atoms with Gasteiger partial charge in [-0.05, 0) is 16.7 Å². The molecule has 0 bridgehead atoms. The standard InChI is InChI=1S/C17H16N2O4/c20-15-10-12-5-1-2-7-14(12)17(15)18-16(21)9-11-4-3-6-13(8-11)19(22)23/h1-8,15,17,20H,9-10H2,(H,18,21)/t15-,17-/m0/s1. The number of nitrogens with zero attached hydrogens (tertiary/aromatic N) is 1. The highest BCUT2D eigenvalue weighted by atomic mass is 16.6. The van der Waals surface area contributed by atoms with E-state index in [1.54, 1.807) is 12.1 Å². The quantitative estimate of drug-likeness (QED) is 0.666. The van der Waals surface area contributed by atoms with Crippen molar-refractivity contribution in [2.75, 3.05) is 0 Å². The monoisotopic (exact) mass is 312 g/mol. The summed E-state index contributed by atoms with van der Waals surface area (Å²) in [4.78, 5) is 22.5. The Bertz CT molecular complexity index is 760. The normalized spacial score (nSPS) is 19.2. The molecule has 0 saturated heterocycles. The number of carbonyl (C=O) groups is 1. The summed E-state index contributed by atoms with van der Waals surface area (Å²) in [5.74, 6) is -0.272. The zero-order chi connectivity index (χ0) is 16.4. The van der Waals surface area contributed by atoms with E-state index in [-0.39, 0.29) is 18.0 Å². The lowest BCUT2D eigenvalue weighted by atomic mass is 10.1. The third kappa shape index (κ3) is 3.22. The lowest BCUT2D eigenvalue weighted by Gasteiger charge is -2.18. The van der Waals surface area contributed by atoms with Crippen LogP contribution in [-0.2, 0) is 17.6 Å². The van der Waals surface area contributed by atoms with Crippen LogP contribution < -0.4 is 5.32 Å². The Morgan fingerprint density at radius 1 is 1.26 bits per heavy atom. The number of hydrogen-bond donors (Lipinski definition) is 2. The molecule has 3 rings (SSSR count). The number of aliphatic hydroxyl groups is 1. The smallest absolute Gasteiger partial charge is 0.269 e. The van der Waals surface area contributed by atoms with Crippen molar-refractivity contribution in [3.05, 3.63) is 75.3 Å². The summed E-state index contributed by atoms with van der Waals surface area (Å²) in [7, 11) is 0. The average Bonchev–Trinajstić information content (AvgIpc) is 2.83. The predicted molar refractivity (Wildman–Crippen MR) is 83.8 cm³/mol. The van der Waals surface area contributed by atoms with E-state index in [2.05, 4.69) is 5.32 Å². The maximum absolute atomic E-state index is 12.2. The molecule has 0 radical (unpaired) electrons. The van der Waals surface area contributed by atoms with Gasteiger partial charge in [0.2, 0.25) is 5.91 Å². The minimum absolute atomic E-state index is 0.0348. The van der Waals surface area contributed by atoms with Crippen molar-refractivity contribution in [1.29, 1.82) is 0 Å². The van der Waals surface area contributed by atoms with E-state index >= 15 is 0 Å². The van der Waals surface area contributed by atoms with Gasteiger partial charge in [-0.15, -0.1) is 0 Å². The van der Waals surface area contributed by atoms with Crippen molar-refractivity contribution < 1.29 is 14.8 Å². The second-order valence-electron chi connectivity index (χ2n) is 5.62. The van der Waals surface area contributed by atoms with Gasteiger partial charge in [-0.25, -0.2) is 0 Å². The van der Waals surface area contributed by atoms with Gasteiger partial charge in [0.1, 0.15) is 0 Å². The summed E-state index contributed by atoms with van der Waals surface area (Å²) in [5.41, 5.74) is 2.48. The largest absolute Gasteiger partial charge is 0.390 e. The molecule has 2 N–H and O–H groups in total. The summed E-state index contributed by atoms with van der Waals surface area (Å²) in [6.07, 6.45) is -0.105. The van der Waals surface area contributed by atoms with Crippen LogP contribution in [0, 0.1) is 10.1 Å². The number of aliphatic hydroxyl groups excluding tert-OH is 1. The molecule has 2 aromatic rings. The maximum Gasteiger partial charge on any atom is 0.269 e. The Hall–Kier alpha value is -2.73. The maximum atomic E-state index is 12.2. The second-order valence-corrected chi connectivity index (χ2v) is 5.62. The number of amides is 1. The first-order chi connectivity index (χ1) is 11.0. The summed E-state index contributed by atoms with van der Waals surface area (Å²) in [6, 6.07) is 13.2. The number of fused-ring (bicyclic) bond motifs is 1. The molecule has 6 heteroatoms. The number of nitro benzene ring substituents is 1. The number of carbonyl (C=O) groups excluding carboxylic acids is 1. The molecule has 0 fully saturated rings. The Balaban J connectivity index is 1.71. The van der Waals surface area contributed by atoms with Crippen molar-refractivity contribution in [1.82, 2.24) is 5.32 Å². The van der Waals surface area contributed by atoms with Crippen LogP contribution in [0.2, 0.25) is 0 Å². The number of rotatable bonds is 4. The highest BCUT2D eigenvalue weighted by molar-refractivity contribution is 5.79. The molecule has 6 nitrogen and oxygen atoms in total. The van der Waals surface area contributed by atoms with E-state index in [1.165, 1.54) is 12.1 Å². The fourth-order valence-corrected chi connectivity index (χ4v) is 2.94. The molecule has 0 saturated carbocycles. The van der Waals surface area contributed by atoms with Crippen LogP contribution in [0.25, 0.3) is 0 Å². The van der Waals surface area contributed by atoms with Gasteiger partial charge >= 0.3 is 0 Å². The van der Waals surface area contributed by atoms with E-state index in [4.69, 9.17) is 0 Å². The van der Waals surface area contributed by atoms with E-state index in [0.717, 1.165) is 11.1 Å². The third-order valence-electron chi connectivity index (χ3n) is 4.01. The molecule has 118 valence electrons. The lowest BCUT2D eigenvalue weighted by molar-refractivity contribution is -0.384. The van der Waals surface area contributed by atoms with Crippen LogP contribution in [0.5, 0.6) is 0 Å². The van der Waals surface area contributed by atoms with Gasteiger partial charge in [-0.3, -0.25) is 14.9 Å². The van der Waals surface area contributed by atoms with Crippen molar-refractivity contribution >= 4 is 11.6 Å². The van der Waals surface area contributed by atoms with Crippen LogP contribution in [0.4, 0.5) is 5.69 Å². The predicted octanol–water partition coefficient (Wildman–Crippen LogP) is 1.91. The van der Waals surface area contributed by atoms with E-state index < -0.39 is 17.1 Å². The molecule has 0 aromatic heterocycles. The van der Waals surface area contributed by atoms with Crippen LogP contribution in [-0.4, -0.2) is 22.0 Å². The molecule has 1 aliphatic carbocycles. The molecular formula is C17H16N2O4. The summed E-state index contributed by atoms with van der Waals surface area (Å²) in [5, 5.41) is 23.7. The first-order valence-corrected chi connectivity index (χ1v) is 7.33. The Morgan fingerprint density at radius 2 is 2.04 bits per heavy atom. The fraction of sp³-hybridized carbons (Fsp3) is 0.235. The Morgan fingerprint density at radius 3 is 2.83 bits per heavy atom. The van der Waals surface area contributed by atoms with Gasteiger partial charge < -0.3 is 10.4 Å². The first-order valence-electron chi connectivity index (χ1n) is 7.33. The molecule has 2 aromatic carbocycles. The van der Waals surface area contributed by atoms with Gasteiger partial charge in [0.15, 0.2) is 0 Å². The fourth-order valence-electron chi connectivity index (χ4n) is 2.94. The number of hydrogen-bond acceptors (Lipinski definition) is 4. The van der Waals surface area contributed by atoms with Crippen LogP contribution in [0.3, 0.4) is 0 Å². The lowest BCUT2D eigenvalue weighted by Crippen LogP contribution is -2.34. The molecule has 0 unspecified atom stereocenters. The van der Waals surface area contributed by atoms with Crippen molar-refractivity contribution in [2.24, 2.45) is 0 Å². The van der Waals surface area contributed by atoms with Gasteiger partial charge in [0.25, 0.3) is 5.69 Å². The first kappa shape index (κ1) is 15.2. The van der Waals surface area contributed by atoms with Crippen molar-refractivity contribution in [3.8, 4) is 0 Å². The molecule has 2 atom stereocenters. The molecule has 0 heterocycles. The van der Waals surface area contributed by atoms with Gasteiger partial charge in [-0.2, -0.15) is 0 Å². The molecule has 23 heavy (non-hydrogen) atoms. The Labute approximate surface area is 132 Å². The summed E-state index contributed by atoms with van der Waals surface area (Å²) in [6.45, 7) is 0. The zero-order valence-electron chi connectivity index (χ0n) is 12.3. The van der Waals surface area contributed by atoms with Gasteiger partial charge in [0.05, 0.1) is 23.5 Å². The van der Waals surface area contributed by atoms with Crippen molar-refractivity contribution in [3.63, 3.8) is 0 Å². The van der Waals surface area contributed by atoms with Crippen LogP contribution >= 0.6 is 0 Å².